The first kappa shape index (κ1) is 10.6. The maximum absolute atomic E-state index is 5.83. The van der Waals surface area contributed by atoms with Crippen LogP contribution in [-0.4, -0.2) is 9.97 Å². The number of rotatable bonds is 4. The van der Waals surface area contributed by atoms with Crippen LogP contribution in [0.4, 0.5) is 5.69 Å². The van der Waals surface area contributed by atoms with Crippen LogP contribution in [0.5, 0.6) is 0 Å². The van der Waals surface area contributed by atoms with Crippen LogP contribution in [0.25, 0.3) is 0 Å². The van der Waals surface area contributed by atoms with Crippen LogP contribution in [0.1, 0.15) is 11.3 Å². The third-order valence-corrected chi connectivity index (χ3v) is 2.32. The minimum atomic E-state index is 0.719. The number of aromatic nitrogens is 2. The minimum absolute atomic E-state index is 0.719. The zero-order chi connectivity index (χ0) is 11.2. The van der Waals surface area contributed by atoms with Gasteiger partial charge in [-0.15, -0.1) is 0 Å². The zero-order valence-electron chi connectivity index (χ0n) is 8.93. The van der Waals surface area contributed by atoms with Crippen molar-refractivity contribution >= 4 is 5.69 Å². The fourth-order valence-electron chi connectivity index (χ4n) is 1.44. The van der Waals surface area contributed by atoms with Crippen molar-refractivity contribution in [2.24, 2.45) is 0 Å². The van der Waals surface area contributed by atoms with Crippen LogP contribution in [0.2, 0.25) is 0 Å². The predicted octanol–water partition coefficient (Wildman–Crippen LogP) is 1.35. The summed E-state index contributed by atoms with van der Waals surface area (Å²) in [6.45, 7) is 1.47. The summed E-state index contributed by atoms with van der Waals surface area (Å²) in [5, 5.41) is 3.29. The summed E-state index contributed by atoms with van der Waals surface area (Å²) in [4.78, 5) is 7.99. The monoisotopic (exact) mass is 214 g/mol. The number of para-hydroxylation sites is 1. The van der Waals surface area contributed by atoms with Crippen molar-refractivity contribution in [1.82, 2.24) is 15.3 Å². The van der Waals surface area contributed by atoms with E-state index in [4.69, 9.17) is 5.73 Å². The molecule has 16 heavy (non-hydrogen) atoms. The van der Waals surface area contributed by atoms with E-state index >= 15 is 0 Å². The van der Waals surface area contributed by atoms with Crippen LogP contribution < -0.4 is 11.1 Å². The van der Waals surface area contributed by atoms with Gasteiger partial charge in [-0.2, -0.15) is 0 Å². The molecular formula is C12H14N4. The van der Waals surface area contributed by atoms with Gasteiger partial charge in [0.15, 0.2) is 0 Å². The molecule has 0 aliphatic heterocycles. The molecule has 0 spiro atoms. The highest BCUT2D eigenvalue weighted by atomic mass is 14.9. The highest BCUT2D eigenvalue weighted by Gasteiger charge is 1.97. The SMILES string of the molecule is Nc1ccccc1CNCc1ccncn1. The van der Waals surface area contributed by atoms with E-state index < -0.39 is 0 Å². The Balaban J connectivity index is 1.87. The summed E-state index contributed by atoms with van der Waals surface area (Å²) in [6.07, 6.45) is 3.29. The number of nitrogens with zero attached hydrogens (tertiary/aromatic N) is 2. The van der Waals surface area contributed by atoms with Crippen LogP contribution in [0.3, 0.4) is 0 Å². The molecule has 0 radical (unpaired) electrons. The second-order valence-electron chi connectivity index (χ2n) is 3.50. The molecule has 0 saturated heterocycles. The Kier molecular flexibility index (Phi) is 3.46. The van der Waals surface area contributed by atoms with Gasteiger partial charge in [0.25, 0.3) is 0 Å². The van der Waals surface area contributed by atoms with Crippen molar-refractivity contribution in [3.8, 4) is 0 Å². The first-order chi connectivity index (χ1) is 7.86. The lowest BCUT2D eigenvalue weighted by Gasteiger charge is -2.06. The Hall–Kier alpha value is -1.94. The number of nitrogens with two attached hydrogens (primary N) is 1. The number of nitrogens with one attached hydrogen (secondary N) is 1. The highest BCUT2D eigenvalue weighted by Crippen LogP contribution is 2.09. The molecule has 4 nitrogen and oxygen atoms in total. The first-order valence-corrected chi connectivity index (χ1v) is 5.15. The fourth-order valence-corrected chi connectivity index (χ4v) is 1.44. The van der Waals surface area contributed by atoms with E-state index in [-0.39, 0.29) is 0 Å². The molecule has 0 unspecified atom stereocenters. The van der Waals surface area contributed by atoms with E-state index in [0.29, 0.717) is 0 Å². The topological polar surface area (TPSA) is 63.8 Å². The second kappa shape index (κ2) is 5.23. The van der Waals surface area contributed by atoms with Crippen LogP contribution in [-0.2, 0) is 13.1 Å². The van der Waals surface area contributed by atoms with Crippen LogP contribution >= 0.6 is 0 Å². The van der Waals surface area contributed by atoms with E-state index in [0.717, 1.165) is 30.0 Å². The Morgan fingerprint density at radius 1 is 1.12 bits per heavy atom. The van der Waals surface area contributed by atoms with Crippen LogP contribution in [0, 0.1) is 0 Å². The van der Waals surface area contributed by atoms with Crippen molar-refractivity contribution in [1.29, 1.82) is 0 Å². The van der Waals surface area contributed by atoms with E-state index in [2.05, 4.69) is 15.3 Å². The molecule has 0 atom stereocenters. The van der Waals surface area contributed by atoms with Gasteiger partial charge >= 0.3 is 0 Å². The Morgan fingerprint density at radius 2 is 2.00 bits per heavy atom. The van der Waals surface area contributed by atoms with Gasteiger partial charge in [0.05, 0.1) is 5.69 Å². The van der Waals surface area contributed by atoms with Gasteiger partial charge in [0, 0.05) is 25.0 Å². The maximum atomic E-state index is 5.83. The third-order valence-electron chi connectivity index (χ3n) is 2.32. The average Bonchev–Trinajstić information content (AvgIpc) is 2.33. The fraction of sp³-hybridized carbons (Fsp3) is 0.167. The Bertz CT molecular complexity index is 442. The number of anilines is 1. The smallest absolute Gasteiger partial charge is 0.115 e. The van der Waals surface area contributed by atoms with Gasteiger partial charge in [0.1, 0.15) is 6.33 Å². The molecule has 0 aliphatic rings. The number of benzene rings is 1. The lowest BCUT2D eigenvalue weighted by atomic mass is 10.2. The zero-order valence-corrected chi connectivity index (χ0v) is 8.93. The predicted molar refractivity (Wildman–Crippen MR) is 63.4 cm³/mol. The van der Waals surface area contributed by atoms with Gasteiger partial charge in [-0.05, 0) is 17.7 Å². The summed E-state index contributed by atoms with van der Waals surface area (Å²) < 4.78 is 0. The molecule has 1 heterocycles. The molecule has 1 aromatic heterocycles. The lowest BCUT2D eigenvalue weighted by Crippen LogP contribution is -2.14. The van der Waals surface area contributed by atoms with Gasteiger partial charge < -0.3 is 11.1 Å². The van der Waals surface area contributed by atoms with Gasteiger partial charge in [-0.25, -0.2) is 9.97 Å². The molecule has 2 aromatic rings. The second-order valence-corrected chi connectivity index (χ2v) is 3.50. The normalized spacial score (nSPS) is 10.2. The molecule has 0 saturated carbocycles. The van der Waals surface area contributed by atoms with E-state index in [1.165, 1.54) is 0 Å². The molecular weight excluding hydrogens is 200 g/mol. The van der Waals surface area contributed by atoms with Crippen molar-refractivity contribution in [2.45, 2.75) is 13.1 Å². The summed E-state index contributed by atoms with van der Waals surface area (Å²) in [6, 6.07) is 9.73. The molecule has 0 amide bonds. The van der Waals surface area contributed by atoms with Gasteiger partial charge in [-0.1, -0.05) is 18.2 Å². The van der Waals surface area contributed by atoms with E-state index in [1.54, 1.807) is 12.5 Å². The summed E-state index contributed by atoms with van der Waals surface area (Å²) in [5.74, 6) is 0. The van der Waals surface area contributed by atoms with Crippen molar-refractivity contribution in [2.75, 3.05) is 5.73 Å². The molecule has 82 valence electrons. The largest absolute Gasteiger partial charge is 0.398 e. The minimum Gasteiger partial charge on any atom is -0.398 e. The quantitative estimate of drug-likeness (QED) is 0.754. The average molecular weight is 214 g/mol. The van der Waals surface area contributed by atoms with Crippen molar-refractivity contribution in [3.05, 3.63) is 54.1 Å². The van der Waals surface area contributed by atoms with E-state index in [9.17, 15) is 0 Å². The summed E-state index contributed by atoms with van der Waals surface area (Å²) in [7, 11) is 0. The molecule has 4 heteroatoms. The summed E-state index contributed by atoms with van der Waals surface area (Å²) in [5.41, 5.74) is 8.74. The van der Waals surface area contributed by atoms with Gasteiger partial charge in [0.2, 0.25) is 0 Å². The first-order valence-electron chi connectivity index (χ1n) is 5.15. The molecule has 0 fully saturated rings. The Morgan fingerprint density at radius 3 is 2.75 bits per heavy atom. The lowest BCUT2D eigenvalue weighted by molar-refractivity contribution is 0.679. The number of nitrogen functional groups attached to an aromatic ring is 1. The summed E-state index contributed by atoms with van der Waals surface area (Å²) >= 11 is 0. The maximum Gasteiger partial charge on any atom is 0.115 e. The molecule has 0 bridgehead atoms. The third kappa shape index (κ3) is 2.77. The van der Waals surface area contributed by atoms with Gasteiger partial charge in [-0.3, -0.25) is 0 Å². The van der Waals surface area contributed by atoms with Crippen molar-refractivity contribution < 1.29 is 0 Å². The molecule has 1 aromatic carbocycles. The molecule has 2 rings (SSSR count). The van der Waals surface area contributed by atoms with E-state index in [1.807, 2.05) is 30.3 Å². The number of hydrogen-bond acceptors (Lipinski definition) is 4. The molecule has 3 N–H and O–H groups in total. The highest BCUT2D eigenvalue weighted by molar-refractivity contribution is 5.46. The number of hydrogen-bond donors (Lipinski definition) is 2. The van der Waals surface area contributed by atoms with Crippen LogP contribution in [0.15, 0.2) is 42.9 Å². The van der Waals surface area contributed by atoms with Crippen molar-refractivity contribution in [3.63, 3.8) is 0 Å². The Labute approximate surface area is 94.5 Å². The molecule has 0 aliphatic carbocycles. The standard InChI is InChI=1S/C12H14N4/c13-12-4-2-1-3-10(12)7-15-8-11-5-6-14-9-16-11/h1-6,9,15H,7-8,13H2.